The molecule has 0 spiro atoms. The molecule has 0 bridgehead atoms. The zero-order valence-electron chi connectivity index (χ0n) is 6.64. The zero-order valence-corrected chi connectivity index (χ0v) is 7.46. The predicted octanol–water partition coefficient (Wildman–Crippen LogP) is -0.844. The number of rotatable bonds is 3. The molecule has 1 fully saturated rings. The molecule has 0 aromatic rings. The first-order valence-electron chi connectivity index (χ1n) is 3.50. The van der Waals surface area contributed by atoms with Crippen molar-refractivity contribution in [3.8, 4) is 0 Å². The maximum Gasteiger partial charge on any atom is 0.189 e. The van der Waals surface area contributed by atoms with E-state index in [-0.39, 0.29) is 18.7 Å². The molecular weight excluding hydrogens is 184 g/mol. The second kappa shape index (κ2) is 6.33. The summed E-state index contributed by atoms with van der Waals surface area (Å²) in [6.45, 7) is 2.31. The summed E-state index contributed by atoms with van der Waals surface area (Å²) in [5.74, 6) is 4.92. The second-order valence-electron chi connectivity index (χ2n) is 2.36. The monoisotopic (exact) mass is 196 g/mol. The predicted molar refractivity (Wildman–Crippen MR) is 44.8 cm³/mol. The van der Waals surface area contributed by atoms with Gasteiger partial charge >= 0.3 is 0 Å². The highest BCUT2D eigenvalue weighted by Crippen LogP contribution is 2.02. The summed E-state index contributed by atoms with van der Waals surface area (Å²) in [7, 11) is 0. The molecule has 1 aliphatic rings. The van der Waals surface area contributed by atoms with Crippen molar-refractivity contribution in [2.45, 2.75) is 6.29 Å². The van der Waals surface area contributed by atoms with Gasteiger partial charge in [-0.15, -0.1) is 12.4 Å². The molecule has 0 amide bonds. The first-order chi connectivity index (χ1) is 5.36. The van der Waals surface area contributed by atoms with Crippen LogP contribution in [0.2, 0.25) is 0 Å². The van der Waals surface area contributed by atoms with Gasteiger partial charge in [0.05, 0.1) is 19.7 Å². The highest BCUT2D eigenvalue weighted by molar-refractivity contribution is 5.85. The molecule has 72 valence electrons. The number of aldehydes is 1. The molecule has 0 aliphatic carbocycles. The first-order valence-corrected chi connectivity index (χ1v) is 3.50. The Kier molecular flexibility index (Phi) is 6.23. The van der Waals surface area contributed by atoms with E-state index in [4.69, 9.17) is 10.6 Å². The lowest BCUT2D eigenvalue weighted by Gasteiger charge is -2.29. The van der Waals surface area contributed by atoms with Crippen LogP contribution in [0.1, 0.15) is 0 Å². The second-order valence-corrected chi connectivity index (χ2v) is 2.36. The molecule has 1 atom stereocenters. The summed E-state index contributed by atoms with van der Waals surface area (Å²) in [6, 6.07) is 0. The molecule has 1 rings (SSSR count). The van der Waals surface area contributed by atoms with Gasteiger partial charge in [-0.2, -0.15) is 0 Å². The lowest BCUT2D eigenvalue weighted by atomic mass is 10.4. The minimum atomic E-state index is -0.385. The molecule has 0 radical (unpaired) electrons. The average Bonchev–Trinajstić information content (AvgIpc) is 2.06. The van der Waals surface area contributed by atoms with Crippen molar-refractivity contribution >= 4 is 18.7 Å². The Hall–Kier alpha value is -0.200. The van der Waals surface area contributed by atoms with Crippen molar-refractivity contribution in [1.29, 1.82) is 0 Å². The molecule has 2 N–H and O–H groups in total. The third-order valence-electron chi connectivity index (χ3n) is 1.60. The summed E-state index contributed by atoms with van der Waals surface area (Å²) in [5, 5.41) is 0. The van der Waals surface area contributed by atoms with Crippen LogP contribution in [-0.2, 0) is 14.4 Å². The summed E-state index contributed by atoms with van der Waals surface area (Å²) < 4.78 is 5.10. The SMILES string of the molecule is Cl.NOC1CN(CC=O)CCO1. The molecule has 1 unspecified atom stereocenters. The fraction of sp³-hybridized carbons (Fsp3) is 0.833. The Morgan fingerprint density at radius 2 is 2.50 bits per heavy atom. The number of hydrogen-bond acceptors (Lipinski definition) is 5. The molecule has 6 heteroatoms. The summed E-state index contributed by atoms with van der Waals surface area (Å²) in [6.07, 6.45) is 0.475. The van der Waals surface area contributed by atoms with Gasteiger partial charge < -0.3 is 9.53 Å². The molecule has 1 saturated heterocycles. The first kappa shape index (κ1) is 11.8. The molecule has 1 heterocycles. The smallest absolute Gasteiger partial charge is 0.189 e. The lowest BCUT2D eigenvalue weighted by Crippen LogP contribution is -2.45. The quantitative estimate of drug-likeness (QED) is 0.471. The Morgan fingerprint density at radius 1 is 1.75 bits per heavy atom. The van der Waals surface area contributed by atoms with E-state index < -0.39 is 0 Å². The van der Waals surface area contributed by atoms with Gasteiger partial charge in [0.1, 0.15) is 6.29 Å². The van der Waals surface area contributed by atoms with Gasteiger partial charge in [0.25, 0.3) is 0 Å². The molecule has 5 nitrogen and oxygen atoms in total. The number of ether oxygens (including phenoxy) is 1. The Bertz CT molecular complexity index is 136. The number of halogens is 1. The average molecular weight is 197 g/mol. The van der Waals surface area contributed by atoms with Crippen molar-refractivity contribution in [3.05, 3.63) is 0 Å². The normalized spacial score (nSPS) is 24.6. The van der Waals surface area contributed by atoms with Crippen LogP contribution in [0.3, 0.4) is 0 Å². The largest absolute Gasteiger partial charge is 0.348 e. The number of nitrogens with zero attached hydrogens (tertiary/aromatic N) is 1. The van der Waals surface area contributed by atoms with Crippen LogP contribution in [0.15, 0.2) is 0 Å². The maximum absolute atomic E-state index is 10.1. The van der Waals surface area contributed by atoms with E-state index in [0.29, 0.717) is 19.7 Å². The van der Waals surface area contributed by atoms with Crippen LogP contribution in [-0.4, -0.2) is 43.7 Å². The van der Waals surface area contributed by atoms with Gasteiger partial charge in [-0.1, -0.05) is 0 Å². The van der Waals surface area contributed by atoms with Crippen molar-refractivity contribution in [3.63, 3.8) is 0 Å². The summed E-state index contributed by atoms with van der Waals surface area (Å²) in [5.41, 5.74) is 0. The summed E-state index contributed by atoms with van der Waals surface area (Å²) in [4.78, 5) is 16.5. The number of carbonyl (C=O) groups excluding carboxylic acids is 1. The van der Waals surface area contributed by atoms with Gasteiger partial charge in [0.15, 0.2) is 6.29 Å². The van der Waals surface area contributed by atoms with Crippen molar-refractivity contribution in [2.75, 3.05) is 26.2 Å². The number of carbonyl (C=O) groups is 1. The van der Waals surface area contributed by atoms with Gasteiger partial charge in [-0.25, -0.2) is 5.90 Å². The van der Waals surface area contributed by atoms with E-state index in [1.165, 1.54) is 0 Å². The van der Waals surface area contributed by atoms with Gasteiger partial charge in [0.2, 0.25) is 0 Å². The standard InChI is InChI=1S/C6H12N2O3.ClH/c7-11-6-5-8(1-3-9)2-4-10-6;/h3,6H,1-2,4-5,7H2;1H. The van der Waals surface area contributed by atoms with Crippen LogP contribution in [0.5, 0.6) is 0 Å². The van der Waals surface area contributed by atoms with Crippen LogP contribution in [0.25, 0.3) is 0 Å². The van der Waals surface area contributed by atoms with Gasteiger partial charge in [-0.3, -0.25) is 9.74 Å². The van der Waals surface area contributed by atoms with Gasteiger partial charge in [0, 0.05) is 6.54 Å². The van der Waals surface area contributed by atoms with Crippen LogP contribution in [0.4, 0.5) is 0 Å². The van der Waals surface area contributed by atoms with E-state index in [2.05, 4.69) is 4.84 Å². The fourth-order valence-electron chi connectivity index (χ4n) is 1.02. The van der Waals surface area contributed by atoms with Crippen LogP contribution < -0.4 is 5.90 Å². The van der Waals surface area contributed by atoms with E-state index in [1.807, 2.05) is 4.90 Å². The minimum Gasteiger partial charge on any atom is -0.348 e. The molecule has 0 aromatic carbocycles. The number of nitrogens with two attached hydrogens (primary N) is 1. The van der Waals surface area contributed by atoms with Crippen molar-refractivity contribution in [2.24, 2.45) is 5.90 Å². The number of hydrogen-bond donors (Lipinski definition) is 1. The highest BCUT2D eigenvalue weighted by Gasteiger charge is 2.19. The molecule has 0 saturated carbocycles. The Labute approximate surface area is 77.2 Å². The topological polar surface area (TPSA) is 64.8 Å². The van der Waals surface area contributed by atoms with E-state index in [1.54, 1.807) is 0 Å². The lowest BCUT2D eigenvalue weighted by molar-refractivity contribution is -0.181. The molecule has 12 heavy (non-hydrogen) atoms. The fourth-order valence-corrected chi connectivity index (χ4v) is 1.02. The van der Waals surface area contributed by atoms with E-state index in [0.717, 1.165) is 12.8 Å². The minimum absolute atomic E-state index is 0. The molecule has 0 aromatic heterocycles. The third-order valence-corrected chi connectivity index (χ3v) is 1.60. The molecule has 1 aliphatic heterocycles. The highest BCUT2D eigenvalue weighted by atomic mass is 35.5. The Morgan fingerprint density at radius 3 is 3.08 bits per heavy atom. The zero-order chi connectivity index (χ0) is 8.10. The van der Waals surface area contributed by atoms with Gasteiger partial charge in [-0.05, 0) is 0 Å². The van der Waals surface area contributed by atoms with E-state index >= 15 is 0 Å². The van der Waals surface area contributed by atoms with Crippen molar-refractivity contribution < 1.29 is 14.4 Å². The maximum atomic E-state index is 10.1. The van der Waals surface area contributed by atoms with Crippen LogP contribution >= 0.6 is 12.4 Å². The summed E-state index contributed by atoms with van der Waals surface area (Å²) >= 11 is 0. The van der Waals surface area contributed by atoms with Crippen molar-refractivity contribution in [1.82, 2.24) is 4.90 Å². The van der Waals surface area contributed by atoms with E-state index in [9.17, 15) is 4.79 Å². The number of morpholine rings is 1. The molecular formula is C6H13ClN2O3. The Balaban J connectivity index is 0.00000121. The third kappa shape index (κ3) is 3.46. The van der Waals surface area contributed by atoms with Crippen LogP contribution in [0, 0.1) is 0 Å².